The van der Waals surface area contributed by atoms with Crippen LogP contribution in [0.1, 0.15) is 22.7 Å². The van der Waals surface area contributed by atoms with E-state index in [0.717, 1.165) is 21.2 Å². The fourth-order valence-electron chi connectivity index (χ4n) is 3.55. The van der Waals surface area contributed by atoms with E-state index in [1.54, 1.807) is 33.6 Å². The van der Waals surface area contributed by atoms with Gasteiger partial charge >= 0.3 is 5.97 Å². The largest absolute Gasteiger partial charge is 0.493 e. The second kappa shape index (κ2) is 12.6. The van der Waals surface area contributed by atoms with E-state index >= 15 is 0 Å². The van der Waals surface area contributed by atoms with Crippen LogP contribution >= 0.6 is 27.5 Å². The lowest BCUT2D eigenvalue weighted by Gasteiger charge is -2.22. The summed E-state index contributed by atoms with van der Waals surface area (Å²) in [4.78, 5) is 16.7. The Morgan fingerprint density at radius 1 is 1.00 bits per heavy atom. The molecule has 0 aliphatic carbocycles. The molecule has 3 aromatic carbocycles. The molecule has 35 heavy (non-hydrogen) atoms. The highest BCUT2D eigenvalue weighted by Gasteiger charge is 2.21. The molecule has 7 nitrogen and oxygen atoms in total. The molecule has 0 aliphatic heterocycles. The van der Waals surface area contributed by atoms with Gasteiger partial charge in [0.25, 0.3) is 0 Å². The maximum Gasteiger partial charge on any atom is 0.319 e. The van der Waals surface area contributed by atoms with Crippen molar-refractivity contribution in [2.24, 2.45) is 4.99 Å². The number of carbonyl (C=O) groups excluding carboxylic acids is 1. The maximum atomic E-state index is 11.9. The van der Waals surface area contributed by atoms with Crippen molar-refractivity contribution in [2.75, 3.05) is 35.0 Å². The monoisotopic (exact) mass is 560 g/mol. The Hall–Kier alpha value is -3.07. The first-order chi connectivity index (χ1) is 16.9. The van der Waals surface area contributed by atoms with Crippen molar-refractivity contribution in [2.45, 2.75) is 6.04 Å². The van der Waals surface area contributed by atoms with Crippen molar-refractivity contribution in [3.05, 3.63) is 80.8 Å². The summed E-state index contributed by atoms with van der Waals surface area (Å²) in [7, 11) is 6.03. The topological polar surface area (TPSA) is 78.4 Å². The van der Waals surface area contributed by atoms with Crippen molar-refractivity contribution in [1.29, 1.82) is 0 Å². The van der Waals surface area contributed by atoms with Crippen molar-refractivity contribution >= 4 is 45.4 Å². The molecule has 1 atom stereocenters. The Morgan fingerprint density at radius 2 is 1.69 bits per heavy atom. The first kappa shape index (κ1) is 26.5. The molecule has 0 heterocycles. The average Bonchev–Trinajstić information content (AvgIpc) is 2.88. The molecule has 0 fully saturated rings. The van der Waals surface area contributed by atoms with Gasteiger partial charge in [0.15, 0.2) is 11.5 Å². The molecular weight excluding hydrogens is 536 g/mol. The number of nitrogens with zero attached hydrogens (tertiary/aromatic N) is 1. The van der Waals surface area contributed by atoms with Crippen LogP contribution in [-0.4, -0.2) is 47.2 Å². The summed E-state index contributed by atoms with van der Waals surface area (Å²) in [6.45, 7) is -0.00502. The van der Waals surface area contributed by atoms with Crippen molar-refractivity contribution < 1.29 is 23.7 Å². The summed E-state index contributed by atoms with van der Waals surface area (Å²) in [6, 6.07) is 16.4. The second-order valence-electron chi connectivity index (χ2n) is 7.33. The van der Waals surface area contributed by atoms with Crippen molar-refractivity contribution in [3.63, 3.8) is 0 Å². The Bertz CT molecular complexity index is 1190. The molecule has 0 aromatic heterocycles. The molecule has 184 valence electrons. The van der Waals surface area contributed by atoms with Crippen LogP contribution in [0, 0.1) is 0 Å². The molecule has 0 radical (unpaired) electrons. The molecule has 1 N–H and O–H groups in total. The van der Waals surface area contributed by atoms with E-state index in [2.05, 4.69) is 21.2 Å². The predicted molar refractivity (Wildman–Crippen MR) is 141 cm³/mol. The van der Waals surface area contributed by atoms with E-state index in [0.29, 0.717) is 28.0 Å². The van der Waals surface area contributed by atoms with Crippen LogP contribution in [0.15, 0.2) is 64.1 Å². The average molecular weight is 562 g/mol. The molecule has 3 rings (SSSR count). The van der Waals surface area contributed by atoms with E-state index in [9.17, 15) is 4.79 Å². The number of hydrogen-bond donors (Lipinski definition) is 1. The summed E-state index contributed by atoms with van der Waals surface area (Å²) in [5.74, 6) is 1.16. The van der Waals surface area contributed by atoms with Gasteiger partial charge in [-0.05, 0) is 42.0 Å². The first-order valence-electron chi connectivity index (χ1n) is 10.6. The minimum atomic E-state index is -0.424. The van der Waals surface area contributed by atoms with Gasteiger partial charge < -0.3 is 18.9 Å². The minimum absolute atomic E-state index is 0.00502. The van der Waals surface area contributed by atoms with Gasteiger partial charge in [-0.1, -0.05) is 45.7 Å². The molecule has 0 amide bonds. The SMILES string of the molecule is COC(=O)CNC(c1ccccc1Cl)c1cc(Br)ccc1N=Cc1cc(OC)c(OC)c(OC)c1. The normalized spacial score (nSPS) is 11.8. The number of carbonyl (C=O) groups is 1. The number of aliphatic imine (C=N–C) groups is 1. The first-order valence-corrected chi connectivity index (χ1v) is 11.8. The molecule has 3 aromatic rings. The number of nitrogens with one attached hydrogen (secondary N) is 1. The molecular formula is C26H26BrClN2O5. The third-order valence-corrected chi connectivity index (χ3v) is 6.07. The van der Waals surface area contributed by atoms with Crippen LogP contribution in [0.2, 0.25) is 5.02 Å². The van der Waals surface area contributed by atoms with E-state index in [-0.39, 0.29) is 12.5 Å². The number of ether oxygens (including phenoxy) is 4. The Balaban J connectivity index is 2.07. The highest BCUT2D eigenvalue weighted by molar-refractivity contribution is 9.10. The van der Waals surface area contributed by atoms with Crippen molar-refractivity contribution in [3.8, 4) is 17.2 Å². The van der Waals surface area contributed by atoms with Crippen LogP contribution in [0.5, 0.6) is 17.2 Å². The maximum absolute atomic E-state index is 11.9. The standard InChI is InChI=1S/C26H26BrClN2O5/c1-32-22-11-16(12-23(33-2)26(22)35-4)14-29-21-10-9-17(27)13-19(21)25(30-15-24(31)34-3)18-7-5-6-8-20(18)28/h5-14,25,30H,15H2,1-4H3. The molecule has 0 bridgehead atoms. The van der Waals surface area contributed by atoms with E-state index < -0.39 is 6.04 Å². The van der Waals surface area contributed by atoms with Crippen LogP contribution in [0.3, 0.4) is 0 Å². The fourth-order valence-corrected chi connectivity index (χ4v) is 4.17. The number of halogens is 2. The van der Waals surface area contributed by atoms with Gasteiger partial charge in [0.1, 0.15) is 0 Å². The molecule has 9 heteroatoms. The third-order valence-electron chi connectivity index (χ3n) is 5.23. The van der Waals surface area contributed by atoms with E-state index in [1.807, 2.05) is 48.5 Å². The lowest BCUT2D eigenvalue weighted by Crippen LogP contribution is -2.29. The predicted octanol–water partition coefficient (Wildman–Crippen LogP) is 5.73. The van der Waals surface area contributed by atoms with Gasteiger partial charge in [-0.3, -0.25) is 15.1 Å². The highest BCUT2D eigenvalue weighted by atomic mass is 79.9. The lowest BCUT2D eigenvalue weighted by molar-refractivity contribution is -0.139. The van der Waals surface area contributed by atoms with Crippen LogP contribution in [0.25, 0.3) is 0 Å². The lowest BCUT2D eigenvalue weighted by atomic mass is 9.97. The molecule has 0 saturated carbocycles. The summed E-state index contributed by atoms with van der Waals surface area (Å²) < 4.78 is 22.0. The number of rotatable bonds is 10. The van der Waals surface area contributed by atoms with Crippen LogP contribution in [0.4, 0.5) is 5.69 Å². The zero-order valence-electron chi connectivity index (χ0n) is 19.8. The van der Waals surface area contributed by atoms with Gasteiger partial charge in [0.2, 0.25) is 5.75 Å². The van der Waals surface area contributed by atoms with E-state index in [4.69, 9.17) is 35.5 Å². The number of hydrogen-bond acceptors (Lipinski definition) is 7. The smallest absolute Gasteiger partial charge is 0.319 e. The van der Waals surface area contributed by atoms with Gasteiger partial charge in [-0.25, -0.2) is 0 Å². The third kappa shape index (κ3) is 6.54. The Morgan fingerprint density at radius 3 is 2.29 bits per heavy atom. The van der Waals surface area contributed by atoms with Gasteiger partial charge in [-0.2, -0.15) is 0 Å². The van der Waals surface area contributed by atoms with E-state index in [1.165, 1.54) is 7.11 Å². The summed E-state index contributed by atoms with van der Waals surface area (Å²) in [5.41, 5.74) is 3.06. The zero-order valence-corrected chi connectivity index (χ0v) is 22.1. The zero-order chi connectivity index (χ0) is 25.4. The van der Waals surface area contributed by atoms with Crippen LogP contribution < -0.4 is 19.5 Å². The minimum Gasteiger partial charge on any atom is -0.493 e. The molecule has 1 unspecified atom stereocenters. The van der Waals surface area contributed by atoms with Crippen LogP contribution in [-0.2, 0) is 9.53 Å². The Kier molecular flexibility index (Phi) is 9.54. The number of methoxy groups -OCH3 is 4. The van der Waals surface area contributed by atoms with Crippen molar-refractivity contribution in [1.82, 2.24) is 5.32 Å². The second-order valence-corrected chi connectivity index (χ2v) is 8.65. The molecule has 0 saturated heterocycles. The molecule has 0 spiro atoms. The van der Waals surface area contributed by atoms with Gasteiger partial charge in [-0.15, -0.1) is 0 Å². The Labute approximate surface area is 218 Å². The highest BCUT2D eigenvalue weighted by Crippen LogP contribution is 2.39. The van der Waals surface area contributed by atoms with Gasteiger partial charge in [0.05, 0.1) is 46.7 Å². The number of esters is 1. The summed E-state index contributed by atoms with van der Waals surface area (Å²) in [6.07, 6.45) is 1.71. The summed E-state index contributed by atoms with van der Waals surface area (Å²) >= 11 is 10.1. The van der Waals surface area contributed by atoms with Gasteiger partial charge in [0, 0.05) is 26.8 Å². The quantitative estimate of drug-likeness (QED) is 0.252. The fraction of sp³-hybridized carbons (Fsp3) is 0.231. The molecule has 0 aliphatic rings. The summed E-state index contributed by atoms with van der Waals surface area (Å²) in [5, 5.41) is 3.82. The number of benzene rings is 3.